The van der Waals surface area contributed by atoms with Gasteiger partial charge in [0.05, 0.1) is 0 Å². The molecule has 0 aliphatic carbocycles. The topological polar surface area (TPSA) is 21.3 Å². The van der Waals surface area contributed by atoms with Crippen LogP contribution in [0.25, 0.3) is 0 Å². The molecule has 2 nitrogen and oxygen atoms in total. The summed E-state index contributed by atoms with van der Waals surface area (Å²) in [5.74, 6) is 0.815. The molecule has 1 unspecified atom stereocenters. The highest BCUT2D eigenvalue weighted by Crippen LogP contribution is 2.28. The van der Waals surface area contributed by atoms with Crippen molar-refractivity contribution in [2.45, 2.75) is 46.3 Å². The van der Waals surface area contributed by atoms with Crippen molar-refractivity contribution < 1.29 is 4.74 Å². The molecule has 17 heavy (non-hydrogen) atoms. The molecule has 0 saturated heterocycles. The summed E-state index contributed by atoms with van der Waals surface area (Å²) in [6.45, 7) is 11.2. The molecule has 1 N–H and O–H groups in total. The van der Waals surface area contributed by atoms with Crippen LogP contribution in [-0.4, -0.2) is 12.1 Å². The van der Waals surface area contributed by atoms with Crippen LogP contribution in [0.5, 0.6) is 5.75 Å². The molecule has 0 radical (unpaired) electrons. The summed E-state index contributed by atoms with van der Waals surface area (Å²) in [4.78, 5) is 0. The van der Waals surface area contributed by atoms with E-state index in [0.717, 1.165) is 22.9 Å². The highest BCUT2D eigenvalue weighted by Gasteiger charge is 2.14. The quantitative estimate of drug-likeness (QED) is 0.871. The van der Waals surface area contributed by atoms with Crippen molar-refractivity contribution in [1.29, 1.82) is 0 Å². The molecular formula is C14H22ClNO. The first-order chi connectivity index (χ1) is 7.83. The molecule has 0 fully saturated rings. The van der Waals surface area contributed by atoms with Crippen molar-refractivity contribution in [2.24, 2.45) is 0 Å². The average Bonchev–Trinajstić information content (AvgIpc) is 2.15. The maximum Gasteiger partial charge on any atom is 0.121 e. The summed E-state index contributed by atoms with van der Waals surface area (Å²) in [7, 11) is 0. The van der Waals surface area contributed by atoms with Gasteiger partial charge in [0.2, 0.25) is 0 Å². The van der Waals surface area contributed by atoms with Crippen LogP contribution in [0.15, 0.2) is 18.2 Å². The highest BCUT2D eigenvalue weighted by atomic mass is 35.5. The van der Waals surface area contributed by atoms with Gasteiger partial charge in [-0.1, -0.05) is 24.6 Å². The molecule has 0 amide bonds. The highest BCUT2D eigenvalue weighted by molar-refractivity contribution is 6.31. The van der Waals surface area contributed by atoms with Gasteiger partial charge in [0.25, 0.3) is 0 Å². The Labute approximate surface area is 109 Å². The second-order valence-electron chi connectivity index (χ2n) is 5.18. The van der Waals surface area contributed by atoms with Crippen molar-refractivity contribution >= 4 is 11.6 Å². The van der Waals surface area contributed by atoms with E-state index in [1.165, 1.54) is 0 Å². The van der Waals surface area contributed by atoms with Crippen LogP contribution >= 0.6 is 11.6 Å². The fraction of sp³-hybridized carbons (Fsp3) is 0.571. The minimum absolute atomic E-state index is 0.196. The molecule has 0 saturated carbocycles. The Bertz CT molecular complexity index is 371. The Morgan fingerprint density at radius 3 is 2.47 bits per heavy atom. The third-order valence-corrected chi connectivity index (χ3v) is 2.70. The molecule has 1 aromatic rings. The molecular weight excluding hydrogens is 234 g/mol. The lowest BCUT2D eigenvalue weighted by atomic mass is 10.1. The molecule has 96 valence electrons. The van der Waals surface area contributed by atoms with Gasteiger partial charge in [-0.25, -0.2) is 0 Å². The van der Waals surface area contributed by atoms with Crippen molar-refractivity contribution in [3.05, 3.63) is 28.8 Å². The van der Waals surface area contributed by atoms with Gasteiger partial charge in [0.15, 0.2) is 0 Å². The maximum atomic E-state index is 6.27. The molecule has 3 heteroatoms. The summed E-state index contributed by atoms with van der Waals surface area (Å²) >= 11 is 6.27. The predicted octanol–water partition coefficient (Wildman–Crippen LogP) is 4.19. The van der Waals surface area contributed by atoms with Gasteiger partial charge in [-0.2, -0.15) is 0 Å². The van der Waals surface area contributed by atoms with Gasteiger partial charge in [-0.3, -0.25) is 0 Å². The van der Waals surface area contributed by atoms with Crippen molar-refractivity contribution in [3.63, 3.8) is 0 Å². The van der Waals surface area contributed by atoms with E-state index in [4.69, 9.17) is 16.3 Å². The molecule has 0 aliphatic rings. The van der Waals surface area contributed by atoms with Gasteiger partial charge in [-0.15, -0.1) is 0 Å². The molecule has 0 bridgehead atoms. The van der Waals surface area contributed by atoms with Crippen LogP contribution < -0.4 is 10.1 Å². The van der Waals surface area contributed by atoms with Gasteiger partial charge >= 0.3 is 0 Å². The number of halogens is 1. The normalized spacial score (nSPS) is 13.5. The van der Waals surface area contributed by atoms with Gasteiger partial charge in [0, 0.05) is 11.1 Å². The zero-order chi connectivity index (χ0) is 13.1. The minimum Gasteiger partial charge on any atom is -0.488 e. The van der Waals surface area contributed by atoms with Crippen molar-refractivity contribution in [3.8, 4) is 5.75 Å². The number of nitrogens with one attached hydrogen (secondary N) is 1. The van der Waals surface area contributed by atoms with E-state index in [1.54, 1.807) is 0 Å². The Balaban J connectivity index is 2.86. The fourth-order valence-corrected chi connectivity index (χ4v) is 2.03. The number of hydrogen-bond donors (Lipinski definition) is 1. The first-order valence-corrected chi connectivity index (χ1v) is 6.43. The van der Waals surface area contributed by atoms with E-state index in [2.05, 4.69) is 19.2 Å². The van der Waals surface area contributed by atoms with E-state index < -0.39 is 0 Å². The van der Waals surface area contributed by atoms with E-state index in [0.29, 0.717) is 0 Å². The Morgan fingerprint density at radius 2 is 2.00 bits per heavy atom. The third kappa shape index (κ3) is 4.57. The lowest BCUT2D eigenvalue weighted by Crippen LogP contribution is -2.23. The summed E-state index contributed by atoms with van der Waals surface area (Å²) < 4.78 is 5.77. The number of benzene rings is 1. The Kier molecular flexibility index (Phi) is 4.84. The van der Waals surface area contributed by atoms with Crippen LogP contribution in [-0.2, 0) is 0 Å². The lowest BCUT2D eigenvalue weighted by molar-refractivity contribution is 0.131. The molecule has 0 aliphatic heterocycles. The molecule has 0 spiro atoms. The SMILES string of the molecule is CCNC(C)c1ccc(OC(C)(C)C)cc1Cl. The molecule has 1 atom stereocenters. The van der Waals surface area contributed by atoms with Gasteiger partial charge in [-0.05, 0) is 51.9 Å². The number of rotatable bonds is 4. The molecule has 1 aromatic carbocycles. The molecule has 1 rings (SSSR count). The standard InChI is InChI=1S/C14H22ClNO/c1-6-16-10(2)12-8-7-11(9-13(12)15)17-14(3,4)5/h7-10,16H,6H2,1-5H3. The minimum atomic E-state index is -0.196. The smallest absolute Gasteiger partial charge is 0.121 e. The fourth-order valence-electron chi connectivity index (χ4n) is 1.69. The second kappa shape index (κ2) is 5.74. The summed E-state index contributed by atoms with van der Waals surface area (Å²) in [5, 5.41) is 4.10. The third-order valence-electron chi connectivity index (χ3n) is 2.37. The van der Waals surface area contributed by atoms with E-state index in [1.807, 2.05) is 39.0 Å². The summed E-state index contributed by atoms with van der Waals surface area (Å²) in [5.41, 5.74) is 0.910. The monoisotopic (exact) mass is 255 g/mol. The van der Waals surface area contributed by atoms with Crippen LogP contribution in [0.1, 0.15) is 46.2 Å². The zero-order valence-corrected chi connectivity index (χ0v) is 12.1. The van der Waals surface area contributed by atoms with Crippen LogP contribution in [0.4, 0.5) is 0 Å². The van der Waals surface area contributed by atoms with Gasteiger partial charge < -0.3 is 10.1 Å². The Hall–Kier alpha value is -0.730. The summed E-state index contributed by atoms with van der Waals surface area (Å²) in [6.07, 6.45) is 0. The van der Waals surface area contributed by atoms with E-state index in [-0.39, 0.29) is 11.6 Å². The first-order valence-electron chi connectivity index (χ1n) is 6.05. The average molecular weight is 256 g/mol. The lowest BCUT2D eigenvalue weighted by Gasteiger charge is -2.22. The number of hydrogen-bond acceptors (Lipinski definition) is 2. The Morgan fingerprint density at radius 1 is 1.35 bits per heavy atom. The van der Waals surface area contributed by atoms with Gasteiger partial charge in [0.1, 0.15) is 11.4 Å². The summed E-state index contributed by atoms with van der Waals surface area (Å²) in [6, 6.07) is 6.14. The van der Waals surface area contributed by atoms with E-state index in [9.17, 15) is 0 Å². The van der Waals surface area contributed by atoms with Crippen molar-refractivity contribution in [1.82, 2.24) is 5.32 Å². The first kappa shape index (κ1) is 14.3. The molecule has 0 heterocycles. The van der Waals surface area contributed by atoms with Crippen LogP contribution in [0, 0.1) is 0 Å². The van der Waals surface area contributed by atoms with E-state index >= 15 is 0 Å². The van der Waals surface area contributed by atoms with Crippen LogP contribution in [0.3, 0.4) is 0 Å². The maximum absolute atomic E-state index is 6.27. The second-order valence-corrected chi connectivity index (χ2v) is 5.58. The zero-order valence-electron chi connectivity index (χ0n) is 11.3. The van der Waals surface area contributed by atoms with Crippen molar-refractivity contribution in [2.75, 3.05) is 6.54 Å². The molecule has 0 aromatic heterocycles. The van der Waals surface area contributed by atoms with Crippen LogP contribution in [0.2, 0.25) is 5.02 Å². The largest absolute Gasteiger partial charge is 0.488 e. The predicted molar refractivity (Wildman–Crippen MR) is 73.9 cm³/mol. The number of ether oxygens (including phenoxy) is 1.